The summed E-state index contributed by atoms with van der Waals surface area (Å²) in [6, 6.07) is 3.96. The molecule has 2 aromatic rings. The van der Waals surface area contributed by atoms with Gasteiger partial charge in [0.1, 0.15) is 11.6 Å². The van der Waals surface area contributed by atoms with E-state index in [1.54, 1.807) is 6.20 Å². The third-order valence-corrected chi connectivity index (χ3v) is 4.55. The van der Waals surface area contributed by atoms with Crippen LogP contribution < -0.4 is 5.32 Å². The van der Waals surface area contributed by atoms with Crippen LogP contribution in [0.1, 0.15) is 42.5 Å². The Kier molecular flexibility index (Phi) is 4.78. The lowest BCUT2D eigenvalue weighted by atomic mass is 10.1. The van der Waals surface area contributed by atoms with Crippen LogP contribution in [0.3, 0.4) is 0 Å². The van der Waals surface area contributed by atoms with Crippen molar-refractivity contribution < 1.29 is 4.79 Å². The second-order valence-corrected chi connectivity index (χ2v) is 6.17. The fourth-order valence-corrected chi connectivity index (χ4v) is 3.29. The fourth-order valence-electron chi connectivity index (χ4n) is 3.29. The lowest BCUT2D eigenvalue weighted by Crippen LogP contribution is -2.31. The van der Waals surface area contributed by atoms with E-state index in [2.05, 4.69) is 20.4 Å². The van der Waals surface area contributed by atoms with Crippen LogP contribution in [-0.2, 0) is 18.3 Å². The van der Waals surface area contributed by atoms with Crippen molar-refractivity contribution in [3.63, 3.8) is 0 Å². The Balaban J connectivity index is 1.72. The zero-order valence-electron chi connectivity index (χ0n) is 14.5. The van der Waals surface area contributed by atoms with Crippen molar-refractivity contribution in [1.82, 2.24) is 24.6 Å². The average molecular weight is 328 g/mol. The molecule has 1 saturated heterocycles. The van der Waals surface area contributed by atoms with Crippen molar-refractivity contribution in [2.24, 2.45) is 7.05 Å². The molecule has 0 aliphatic carbocycles. The van der Waals surface area contributed by atoms with Crippen LogP contribution in [0.4, 0.5) is 5.82 Å². The predicted molar refractivity (Wildman–Crippen MR) is 91.5 cm³/mol. The van der Waals surface area contributed by atoms with Gasteiger partial charge in [-0.05, 0) is 32.3 Å². The van der Waals surface area contributed by atoms with Gasteiger partial charge in [0, 0.05) is 45.0 Å². The van der Waals surface area contributed by atoms with Gasteiger partial charge in [-0.3, -0.25) is 9.48 Å². The third-order valence-electron chi connectivity index (χ3n) is 4.55. The smallest absolute Gasteiger partial charge is 0.223 e. The zero-order chi connectivity index (χ0) is 17.1. The molecule has 0 aromatic carbocycles. The SMILES string of the molecule is CNc1cc([C@H]2CCCN2C(=O)CCc2ccnn2C)nc(C)n1. The van der Waals surface area contributed by atoms with E-state index >= 15 is 0 Å². The Labute approximate surface area is 142 Å². The number of carbonyl (C=O) groups excluding carboxylic acids is 1. The number of hydrogen-bond donors (Lipinski definition) is 1. The second-order valence-electron chi connectivity index (χ2n) is 6.17. The number of amides is 1. The van der Waals surface area contributed by atoms with E-state index in [0.717, 1.165) is 42.4 Å². The van der Waals surface area contributed by atoms with Crippen LogP contribution in [0.2, 0.25) is 0 Å². The highest BCUT2D eigenvalue weighted by molar-refractivity contribution is 5.77. The number of anilines is 1. The third kappa shape index (κ3) is 3.39. The molecule has 1 aliphatic rings. The van der Waals surface area contributed by atoms with Gasteiger partial charge in [0.25, 0.3) is 0 Å². The van der Waals surface area contributed by atoms with Crippen molar-refractivity contribution in [3.8, 4) is 0 Å². The van der Waals surface area contributed by atoms with Gasteiger partial charge >= 0.3 is 0 Å². The average Bonchev–Trinajstić information content (AvgIpc) is 3.21. The van der Waals surface area contributed by atoms with Gasteiger partial charge in [0.05, 0.1) is 11.7 Å². The molecule has 1 aliphatic heterocycles. The number of nitrogens with zero attached hydrogens (tertiary/aromatic N) is 5. The number of carbonyl (C=O) groups is 1. The van der Waals surface area contributed by atoms with E-state index in [-0.39, 0.29) is 11.9 Å². The molecule has 1 fully saturated rings. The number of likely N-dealkylation sites (tertiary alicyclic amines) is 1. The van der Waals surface area contributed by atoms with Crippen molar-refractivity contribution in [3.05, 3.63) is 35.5 Å². The number of nitrogens with one attached hydrogen (secondary N) is 1. The first-order chi connectivity index (χ1) is 11.6. The van der Waals surface area contributed by atoms with Gasteiger partial charge in [0.15, 0.2) is 0 Å². The number of hydrogen-bond acceptors (Lipinski definition) is 5. The van der Waals surface area contributed by atoms with E-state index in [0.29, 0.717) is 12.8 Å². The molecule has 128 valence electrons. The van der Waals surface area contributed by atoms with Crippen LogP contribution >= 0.6 is 0 Å². The van der Waals surface area contributed by atoms with Gasteiger partial charge in [-0.15, -0.1) is 0 Å². The Morgan fingerprint density at radius 3 is 2.96 bits per heavy atom. The van der Waals surface area contributed by atoms with E-state index in [1.807, 2.05) is 42.7 Å². The minimum Gasteiger partial charge on any atom is -0.373 e. The molecule has 7 heteroatoms. The van der Waals surface area contributed by atoms with E-state index in [1.165, 1.54) is 0 Å². The summed E-state index contributed by atoms with van der Waals surface area (Å²) in [7, 11) is 3.75. The van der Waals surface area contributed by atoms with Crippen LogP contribution in [0.5, 0.6) is 0 Å². The first-order valence-corrected chi connectivity index (χ1v) is 8.38. The first-order valence-electron chi connectivity index (χ1n) is 8.38. The maximum Gasteiger partial charge on any atom is 0.223 e. The summed E-state index contributed by atoms with van der Waals surface area (Å²) in [6.07, 6.45) is 4.95. The van der Waals surface area contributed by atoms with Gasteiger partial charge < -0.3 is 10.2 Å². The Morgan fingerprint density at radius 2 is 2.25 bits per heavy atom. The summed E-state index contributed by atoms with van der Waals surface area (Å²) in [6.45, 7) is 2.68. The second kappa shape index (κ2) is 6.98. The van der Waals surface area contributed by atoms with Crippen molar-refractivity contribution in [2.45, 2.75) is 38.6 Å². The normalized spacial score (nSPS) is 17.3. The van der Waals surface area contributed by atoms with Gasteiger partial charge in [-0.1, -0.05) is 0 Å². The molecule has 24 heavy (non-hydrogen) atoms. The summed E-state index contributed by atoms with van der Waals surface area (Å²) in [4.78, 5) is 23.6. The van der Waals surface area contributed by atoms with Gasteiger partial charge in [0.2, 0.25) is 5.91 Å². The molecule has 0 unspecified atom stereocenters. The zero-order valence-corrected chi connectivity index (χ0v) is 14.5. The fraction of sp³-hybridized carbons (Fsp3) is 0.529. The minimum atomic E-state index is 0.0536. The summed E-state index contributed by atoms with van der Waals surface area (Å²) in [5.74, 6) is 1.71. The Morgan fingerprint density at radius 1 is 1.42 bits per heavy atom. The summed E-state index contributed by atoms with van der Waals surface area (Å²) < 4.78 is 1.82. The maximum atomic E-state index is 12.7. The molecule has 0 bridgehead atoms. The standard InChI is InChI=1S/C17H24N6O/c1-12-20-14(11-16(18-2)21-12)15-5-4-10-23(15)17(24)7-6-13-8-9-19-22(13)3/h8-9,11,15H,4-7,10H2,1-3H3,(H,18,20,21)/t15-/m1/s1. The highest BCUT2D eigenvalue weighted by Gasteiger charge is 2.31. The molecule has 0 saturated carbocycles. The van der Waals surface area contributed by atoms with Crippen molar-refractivity contribution in [1.29, 1.82) is 0 Å². The van der Waals surface area contributed by atoms with Crippen LogP contribution in [0.15, 0.2) is 18.3 Å². The number of aromatic nitrogens is 4. The van der Waals surface area contributed by atoms with Gasteiger partial charge in [-0.25, -0.2) is 9.97 Å². The topological polar surface area (TPSA) is 75.9 Å². The van der Waals surface area contributed by atoms with Crippen LogP contribution in [0, 0.1) is 6.92 Å². The number of rotatable bonds is 5. The minimum absolute atomic E-state index is 0.0536. The molecule has 1 amide bonds. The first kappa shape index (κ1) is 16.4. The van der Waals surface area contributed by atoms with Crippen molar-refractivity contribution in [2.75, 3.05) is 18.9 Å². The van der Waals surface area contributed by atoms with Crippen LogP contribution in [-0.4, -0.2) is 44.1 Å². The largest absolute Gasteiger partial charge is 0.373 e. The quantitative estimate of drug-likeness (QED) is 0.906. The van der Waals surface area contributed by atoms with Gasteiger partial charge in [-0.2, -0.15) is 5.10 Å². The van der Waals surface area contributed by atoms with E-state index in [4.69, 9.17) is 0 Å². The molecule has 1 atom stereocenters. The van der Waals surface area contributed by atoms with Crippen molar-refractivity contribution >= 4 is 11.7 Å². The lowest BCUT2D eigenvalue weighted by molar-refractivity contribution is -0.132. The number of aryl methyl sites for hydroxylation is 3. The Bertz CT molecular complexity index is 726. The molecule has 0 spiro atoms. The summed E-state index contributed by atoms with van der Waals surface area (Å²) in [5.41, 5.74) is 2.01. The molecule has 7 nitrogen and oxygen atoms in total. The monoisotopic (exact) mass is 328 g/mol. The highest BCUT2D eigenvalue weighted by Crippen LogP contribution is 2.32. The molecular weight excluding hydrogens is 304 g/mol. The Hall–Kier alpha value is -2.44. The summed E-state index contributed by atoms with van der Waals surface area (Å²) >= 11 is 0. The lowest BCUT2D eigenvalue weighted by Gasteiger charge is -2.25. The maximum absolute atomic E-state index is 12.7. The van der Waals surface area contributed by atoms with E-state index in [9.17, 15) is 4.79 Å². The molecule has 3 rings (SSSR count). The molecular formula is C17H24N6O. The molecule has 3 heterocycles. The predicted octanol–water partition coefficient (Wildman–Crippen LogP) is 1.86. The van der Waals surface area contributed by atoms with Crippen LogP contribution in [0.25, 0.3) is 0 Å². The molecule has 0 radical (unpaired) electrons. The molecule has 1 N–H and O–H groups in total. The summed E-state index contributed by atoms with van der Waals surface area (Å²) in [5, 5.41) is 7.21. The van der Waals surface area contributed by atoms with E-state index < -0.39 is 0 Å². The molecule has 2 aromatic heterocycles. The highest BCUT2D eigenvalue weighted by atomic mass is 16.2.